The average Bonchev–Trinajstić information content (AvgIpc) is 3.73. The van der Waals surface area contributed by atoms with E-state index < -0.39 is 29.7 Å². The van der Waals surface area contributed by atoms with Crippen molar-refractivity contribution in [2.75, 3.05) is 86.7 Å². The molecule has 0 saturated carbocycles. The summed E-state index contributed by atoms with van der Waals surface area (Å²) in [6.07, 6.45) is 3.60. The summed E-state index contributed by atoms with van der Waals surface area (Å²) in [7, 11) is 0. The Morgan fingerprint density at radius 3 is 2.11 bits per heavy atom. The molecule has 5 saturated heterocycles. The maximum atomic E-state index is 13.5. The van der Waals surface area contributed by atoms with E-state index in [9.17, 15) is 29.2 Å². The number of halogens is 1. The van der Waals surface area contributed by atoms with Crippen LogP contribution in [0, 0.1) is 22.7 Å². The molecule has 6 aliphatic heterocycles. The molecule has 294 valence electrons. The van der Waals surface area contributed by atoms with Crippen LogP contribution in [0.3, 0.4) is 0 Å². The minimum Gasteiger partial charge on any atom is -0.371 e. The number of hydrogen-bond donors (Lipinski definition) is 1. The van der Waals surface area contributed by atoms with Crippen molar-refractivity contribution < 1.29 is 24.0 Å². The maximum absolute atomic E-state index is 13.5. The number of benzene rings is 3. The third-order valence-electron chi connectivity index (χ3n) is 13.1. The van der Waals surface area contributed by atoms with Crippen LogP contribution in [0.1, 0.15) is 68.7 Å². The monoisotopic (exact) mass is 788 g/mol. The molecule has 3 aromatic carbocycles. The van der Waals surface area contributed by atoms with Crippen LogP contribution in [0.25, 0.3) is 0 Å². The zero-order valence-electron chi connectivity index (χ0n) is 31.8. The van der Waals surface area contributed by atoms with Crippen LogP contribution in [0.2, 0.25) is 5.02 Å². The van der Waals surface area contributed by atoms with Gasteiger partial charge in [0.1, 0.15) is 12.1 Å². The second-order valence-corrected chi connectivity index (χ2v) is 16.9. The lowest BCUT2D eigenvalue weighted by molar-refractivity contribution is -0.136. The molecule has 57 heavy (non-hydrogen) atoms. The topological polar surface area (TPSA) is 141 Å². The van der Waals surface area contributed by atoms with Gasteiger partial charge < -0.3 is 19.6 Å². The number of nitrogens with one attached hydrogen (secondary N) is 1. The summed E-state index contributed by atoms with van der Waals surface area (Å²) in [5, 5.41) is 12.0. The Kier molecular flexibility index (Phi) is 9.65. The molecule has 1 atom stereocenters. The first-order chi connectivity index (χ1) is 27.6. The van der Waals surface area contributed by atoms with Crippen LogP contribution >= 0.6 is 11.6 Å². The summed E-state index contributed by atoms with van der Waals surface area (Å²) in [4.78, 5) is 76.2. The molecule has 5 fully saturated rings. The Morgan fingerprint density at radius 2 is 1.42 bits per heavy atom. The lowest BCUT2D eigenvalue weighted by Crippen LogP contribution is -2.55. The molecule has 6 aliphatic rings. The largest absolute Gasteiger partial charge is 0.371 e. The van der Waals surface area contributed by atoms with Gasteiger partial charge in [-0.25, -0.2) is 0 Å². The molecule has 6 heterocycles. The second-order valence-electron chi connectivity index (χ2n) is 16.5. The molecule has 0 radical (unpaired) electrons. The highest BCUT2D eigenvalue weighted by Crippen LogP contribution is 2.43. The van der Waals surface area contributed by atoms with E-state index in [1.165, 1.54) is 0 Å². The third-order valence-corrected chi connectivity index (χ3v) is 13.4. The van der Waals surface area contributed by atoms with Crippen LogP contribution in [0.5, 0.6) is 0 Å². The Morgan fingerprint density at radius 1 is 0.772 bits per heavy atom. The quantitative estimate of drug-likeness (QED) is 0.350. The number of anilines is 3. The molecule has 14 heteroatoms. The van der Waals surface area contributed by atoms with Crippen molar-refractivity contribution in [2.45, 2.75) is 38.1 Å². The van der Waals surface area contributed by atoms with Crippen LogP contribution < -0.4 is 20.0 Å². The van der Waals surface area contributed by atoms with Gasteiger partial charge in [-0.2, -0.15) is 5.26 Å². The third kappa shape index (κ3) is 6.99. The van der Waals surface area contributed by atoms with Crippen molar-refractivity contribution in [1.82, 2.24) is 20.0 Å². The van der Waals surface area contributed by atoms with Gasteiger partial charge in [-0.05, 0) is 91.8 Å². The molecule has 1 unspecified atom stereocenters. The van der Waals surface area contributed by atoms with E-state index in [1.807, 2.05) is 41.3 Å². The highest BCUT2D eigenvalue weighted by atomic mass is 35.5. The predicted octanol–water partition coefficient (Wildman–Crippen LogP) is 4.00. The number of carbonyl (C=O) groups is 5. The highest BCUT2D eigenvalue weighted by molar-refractivity contribution is 6.32. The summed E-state index contributed by atoms with van der Waals surface area (Å²) >= 11 is 6.33. The second kappa shape index (κ2) is 14.8. The minimum absolute atomic E-state index is 0.0726. The Hall–Kier alpha value is -5.45. The number of imide groups is 2. The average molecular weight is 789 g/mol. The van der Waals surface area contributed by atoms with Gasteiger partial charge in [-0.1, -0.05) is 11.6 Å². The minimum atomic E-state index is -0.975. The van der Waals surface area contributed by atoms with Gasteiger partial charge >= 0.3 is 0 Å². The van der Waals surface area contributed by atoms with Crippen LogP contribution in [-0.4, -0.2) is 122 Å². The number of carbonyl (C=O) groups excluding carboxylic acids is 5. The molecule has 9 rings (SSSR count). The first-order valence-corrected chi connectivity index (χ1v) is 20.4. The fourth-order valence-electron chi connectivity index (χ4n) is 9.64. The van der Waals surface area contributed by atoms with E-state index in [1.54, 1.807) is 12.1 Å². The van der Waals surface area contributed by atoms with Crippen LogP contribution in [-0.2, 0) is 9.59 Å². The van der Waals surface area contributed by atoms with E-state index in [0.717, 1.165) is 106 Å². The molecule has 0 bridgehead atoms. The van der Waals surface area contributed by atoms with E-state index in [2.05, 4.69) is 43.1 Å². The molecule has 13 nitrogen and oxygen atoms in total. The zero-order valence-corrected chi connectivity index (χ0v) is 32.5. The van der Waals surface area contributed by atoms with Gasteiger partial charge in [-0.15, -0.1) is 0 Å². The Labute approximate surface area is 336 Å². The molecular weight excluding hydrogens is 744 g/mol. The summed E-state index contributed by atoms with van der Waals surface area (Å²) < 4.78 is 0. The normalized spacial score (nSPS) is 22.5. The molecule has 0 aliphatic carbocycles. The standard InChI is InChI=1S/C43H45ClN8O5/c44-36-22-33(6-3-30(36)23-45)50-16-13-43(27-50)11-14-48(15-12-43)31-4-1-29(2-5-31)40(55)49-19-17-47(18-20-49)24-28-25-51(26-28)32-7-8-34-35(21-32)42(57)52(41(34)56)37-9-10-38(53)46-39(37)54/h1-8,21-22,28,37H,9-20,24-27H2,(H,46,53,54). The van der Waals surface area contributed by atoms with E-state index >= 15 is 0 Å². The van der Waals surface area contributed by atoms with Gasteiger partial charge in [0.05, 0.1) is 21.7 Å². The molecule has 1 spiro atoms. The molecule has 3 aromatic rings. The van der Waals surface area contributed by atoms with Gasteiger partial charge in [-0.3, -0.25) is 39.1 Å². The number of piperazine rings is 1. The first kappa shape index (κ1) is 37.1. The van der Waals surface area contributed by atoms with Crippen molar-refractivity contribution in [2.24, 2.45) is 11.3 Å². The van der Waals surface area contributed by atoms with Crippen molar-refractivity contribution in [3.8, 4) is 6.07 Å². The molecule has 0 aromatic heterocycles. The van der Waals surface area contributed by atoms with Gasteiger partial charge in [0.15, 0.2) is 0 Å². The zero-order chi connectivity index (χ0) is 39.4. The first-order valence-electron chi connectivity index (χ1n) is 20.0. The number of piperidine rings is 2. The number of fused-ring (bicyclic) bond motifs is 1. The molecule has 1 N–H and O–H groups in total. The van der Waals surface area contributed by atoms with Crippen LogP contribution in [0.15, 0.2) is 60.7 Å². The van der Waals surface area contributed by atoms with Gasteiger partial charge in [0, 0.05) is 107 Å². The number of nitriles is 1. The Bertz CT molecular complexity index is 2180. The fourth-order valence-corrected chi connectivity index (χ4v) is 9.86. The summed E-state index contributed by atoms with van der Waals surface area (Å²) in [5.74, 6) is -1.47. The fraction of sp³-hybridized carbons (Fsp3) is 0.442. The van der Waals surface area contributed by atoms with Crippen LogP contribution in [0.4, 0.5) is 17.1 Å². The maximum Gasteiger partial charge on any atom is 0.262 e. The predicted molar refractivity (Wildman–Crippen MR) is 214 cm³/mol. The van der Waals surface area contributed by atoms with Crippen molar-refractivity contribution in [1.29, 1.82) is 5.26 Å². The number of nitrogens with zero attached hydrogens (tertiary/aromatic N) is 7. The number of amides is 5. The summed E-state index contributed by atoms with van der Waals surface area (Å²) in [6.45, 7) is 9.54. The lowest BCUT2D eigenvalue weighted by Gasteiger charge is -2.45. The van der Waals surface area contributed by atoms with Crippen molar-refractivity contribution in [3.05, 3.63) is 87.9 Å². The van der Waals surface area contributed by atoms with Gasteiger partial charge in [0.25, 0.3) is 17.7 Å². The Balaban J connectivity index is 0.716. The van der Waals surface area contributed by atoms with E-state index in [0.29, 0.717) is 35.2 Å². The molecular formula is C43H45ClN8O5. The molecule has 5 amide bonds. The highest BCUT2D eigenvalue weighted by Gasteiger charge is 2.45. The SMILES string of the molecule is N#Cc1ccc(N2CCC3(CCN(c4ccc(C(=O)N5CCN(CC6CN(c7ccc8c(c7)C(=O)N(C7CCC(=O)NC7=O)C8=O)C6)CC5)cc4)CC3)C2)cc1Cl. The van der Waals surface area contributed by atoms with Gasteiger partial charge in [0.2, 0.25) is 11.8 Å². The van der Waals surface area contributed by atoms with E-state index in [-0.39, 0.29) is 29.7 Å². The van der Waals surface area contributed by atoms with Crippen molar-refractivity contribution in [3.63, 3.8) is 0 Å². The summed E-state index contributed by atoms with van der Waals surface area (Å²) in [5.41, 5.74) is 5.21. The number of hydrogen-bond acceptors (Lipinski definition) is 10. The smallest absolute Gasteiger partial charge is 0.262 e. The summed E-state index contributed by atoms with van der Waals surface area (Å²) in [6, 6.07) is 20.3. The van der Waals surface area contributed by atoms with E-state index in [4.69, 9.17) is 11.6 Å². The lowest BCUT2D eigenvalue weighted by atomic mass is 9.77. The van der Waals surface area contributed by atoms with Crippen molar-refractivity contribution >= 4 is 58.2 Å². The number of rotatable bonds is 7.